The van der Waals surface area contributed by atoms with Gasteiger partial charge < -0.3 is 9.67 Å². The van der Waals surface area contributed by atoms with Crippen molar-refractivity contribution in [3.8, 4) is 0 Å². The second kappa shape index (κ2) is 2.82. The zero-order chi connectivity index (χ0) is 8.55. The van der Waals surface area contributed by atoms with Crippen molar-refractivity contribution in [2.24, 2.45) is 0 Å². The Morgan fingerprint density at radius 3 is 3.00 bits per heavy atom. The van der Waals surface area contributed by atoms with Gasteiger partial charge in [-0.05, 0) is 0 Å². The Morgan fingerprint density at radius 1 is 1.75 bits per heavy atom. The van der Waals surface area contributed by atoms with E-state index in [9.17, 15) is 4.79 Å². The van der Waals surface area contributed by atoms with Crippen molar-refractivity contribution in [3.05, 3.63) is 18.2 Å². The van der Waals surface area contributed by atoms with Crippen LogP contribution in [-0.4, -0.2) is 32.1 Å². The predicted octanol–water partition coefficient (Wildman–Crippen LogP) is 0.869. The third-order valence-electron chi connectivity index (χ3n) is 1.87. The number of hydrogen-bond acceptors (Lipinski definition) is 3. The fourth-order valence-electron chi connectivity index (χ4n) is 1.16. The molecule has 1 aromatic rings. The zero-order valence-corrected chi connectivity index (χ0v) is 7.12. The molecule has 4 nitrogen and oxygen atoms in total. The van der Waals surface area contributed by atoms with Gasteiger partial charge in [0.2, 0.25) is 5.82 Å². The minimum Gasteiger partial charge on any atom is -0.475 e. The van der Waals surface area contributed by atoms with Crippen LogP contribution in [0.25, 0.3) is 0 Å². The Hall–Kier alpha value is -0.970. The molecule has 0 spiro atoms. The minimum atomic E-state index is -0.947. The fourth-order valence-corrected chi connectivity index (χ4v) is 1.92. The van der Waals surface area contributed by atoms with Crippen molar-refractivity contribution in [1.29, 1.82) is 0 Å². The number of aromatic nitrogens is 2. The number of hydrogen-bond donors (Lipinski definition) is 1. The van der Waals surface area contributed by atoms with Crippen LogP contribution in [-0.2, 0) is 0 Å². The quantitative estimate of drug-likeness (QED) is 0.741. The van der Waals surface area contributed by atoms with Gasteiger partial charge in [-0.3, -0.25) is 0 Å². The molecule has 1 aliphatic rings. The van der Waals surface area contributed by atoms with E-state index < -0.39 is 5.97 Å². The molecule has 0 radical (unpaired) electrons. The molecule has 64 valence electrons. The third-order valence-corrected chi connectivity index (χ3v) is 3.11. The molecule has 0 amide bonds. The topological polar surface area (TPSA) is 55.1 Å². The molecule has 2 rings (SSSR count). The Labute approximate surface area is 73.6 Å². The monoisotopic (exact) mass is 184 g/mol. The summed E-state index contributed by atoms with van der Waals surface area (Å²) in [7, 11) is 0. The van der Waals surface area contributed by atoms with Gasteiger partial charge in [0.25, 0.3) is 0 Å². The molecule has 1 fully saturated rings. The lowest BCUT2D eigenvalue weighted by Crippen LogP contribution is -2.25. The molecule has 1 aliphatic heterocycles. The first-order chi connectivity index (χ1) is 5.79. The van der Waals surface area contributed by atoms with Gasteiger partial charge in [0.1, 0.15) is 0 Å². The van der Waals surface area contributed by atoms with Crippen LogP contribution in [0.1, 0.15) is 16.7 Å². The molecule has 5 heteroatoms. The van der Waals surface area contributed by atoms with Crippen molar-refractivity contribution in [1.82, 2.24) is 9.55 Å². The summed E-state index contributed by atoms with van der Waals surface area (Å²) in [4.78, 5) is 14.4. The average molecular weight is 184 g/mol. The van der Waals surface area contributed by atoms with Crippen LogP contribution >= 0.6 is 11.8 Å². The van der Waals surface area contributed by atoms with Crippen molar-refractivity contribution in [3.63, 3.8) is 0 Å². The molecule has 1 saturated heterocycles. The number of aromatic carboxylic acids is 1. The molecule has 0 aromatic carbocycles. The molecule has 12 heavy (non-hydrogen) atoms. The SMILES string of the molecule is O=C(O)c1nccn1C1CSC1. The number of nitrogens with zero attached hydrogens (tertiary/aromatic N) is 2. The standard InChI is InChI=1S/C7H8N2O2S/c10-7(11)6-8-1-2-9(6)5-3-12-4-5/h1-2,5H,3-4H2,(H,10,11). The lowest BCUT2D eigenvalue weighted by molar-refractivity contribution is 0.0676. The summed E-state index contributed by atoms with van der Waals surface area (Å²) in [5.41, 5.74) is 0. The van der Waals surface area contributed by atoms with Crippen LogP contribution in [0.2, 0.25) is 0 Å². The Balaban J connectivity index is 2.29. The van der Waals surface area contributed by atoms with Crippen LogP contribution in [0.4, 0.5) is 0 Å². The summed E-state index contributed by atoms with van der Waals surface area (Å²) in [5, 5.41) is 8.73. The molecule has 0 saturated carbocycles. The van der Waals surface area contributed by atoms with Gasteiger partial charge in [-0.2, -0.15) is 11.8 Å². The maximum Gasteiger partial charge on any atom is 0.372 e. The van der Waals surface area contributed by atoms with E-state index >= 15 is 0 Å². The molecule has 2 heterocycles. The highest BCUT2D eigenvalue weighted by molar-refractivity contribution is 8.00. The van der Waals surface area contributed by atoms with Crippen LogP contribution < -0.4 is 0 Å². The highest BCUT2D eigenvalue weighted by atomic mass is 32.2. The first-order valence-corrected chi connectivity index (χ1v) is 4.78. The van der Waals surface area contributed by atoms with Crippen molar-refractivity contribution in [2.45, 2.75) is 6.04 Å². The second-order valence-corrected chi connectivity index (χ2v) is 3.73. The van der Waals surface area contributed by atoms with Gasteiger partial charge in [0.05, 0.1) is 6.04 Å². The molecule has 1 N–H and O–H groups in total. The van der Waals surface area contributed by atoms with E-state index in [-0.39, 0.29) is 5.82 Å². The Morgan fingerprint density at radius 2 is 2.50 bits per heavy atom. The molecule has 0 atom stereocenters. The Bertz CT molecular complexity index is 306. The van der Waals surface area contributed by atoms with Gasteiger partial charge in [0, 0.05) is 23.9 Å². The minimum absolute atomic E-state index is 0.153. The van der Waals surface area contributed by atoms with Crippen LogP contribution in [0.5, 0.6) is 0 Å². The van der Waals surface area contributed by atoms with Gasteiger partial charge in [0.15, 0.2) is 0 Å². The maximum absolute atomic E-state index is 10.6. The molecule has 0 bridgehead atoms. The summed E-state index contributed by atoms with van der Waals surface area (Å²) < 4.78 is 1.73. The van der Waals surface area contributed by atoms with Crippen molar-refractivity contribution in [2.75, 3.05) is 11.5 Å². The van der Waals surface area contributed by atoms with Gasteiger partial charge in [-0.25, -0.2) is 9.78 Å². The molecular formula is C7H8N2O2S. The molecule has 1 aromatic heterocycles. The van der Waals surface area contributed by atoms with Crippen molar-refractivity contribution < 1.29 is 9.90 Å². The lowest BCUT2D eigenvalue weighted by atomic mass is 10.3. The normalized spacial score (nSPS) is 17.3. The zero-order valence-electron chi connectivity index (χ0n) is 6.30. The van der Waals surface area contributed by atoms with Crippen LogP contribution in [0, 0.1) is 0 Å². The summed E-state index contributed by atoms with van der Waals surface area (Å²) in [6.45, 7) is 0. The summed E-state index contributed by atoms with van der Waals surface area (Å²) in [6, 6.07) is 0.337. The Kier molecular flexibility index (Phi) is 1.80. The number of rotatable bonds is 2. The fraction of sp³-hybridized carbons (Fsp3) is 0.429. The van der Waals surface area contributed by atoms with E-state index in [0.717, 1.165) is 11.5 Å². The van der Waals surface area contributed by atoms with Gasteiger partial charge in [-0.15, -0.1) is 0 Å². The largest absolute Gasteiger partial charge is 0.475 e. The van der Waals surface area contributed by atoms with Crippen molar-refractivity contribution >= 4 is 17.7 Å². The lowest BCUT2D eigenvalue weighted by Gasteiger charge is -2.26. The molecular weight excluding hydrogens is 176 g/mol. The van der Waals surface area contributed by atoms with E-state index in [1.165, 1.54) is 6.20 Å². The van der Waals surface area contributed by atoms with E-state index in [1.54, 1.807) is 10.8 Å². The summed E-state index contributed by atoms with van der Waals surface area (Å²) >= 11 is 1.82. The average Bonchev–Trinajstić information content (AvgIpc) is 2.31. The van der Waals surface area contributed by atoms with E-state index in [2.05, 4.69) is 4.98 Å². The number of carbonyl (C=O) groups is 1. The number of imidazole rings is 1. The molecule has 0 unspecified atom stereocenters. The van der Waals surface area contributed by atoms with Crippen LogP contribution in [0.3, 0.4) is 0 Å². The third kappa shape index (κ3) is 1.10. The van der Waals surface area contributed by atoms with Crippen LogP contribution in [0.15, 0.2) is 12.4 Å². The van der Waals surface area contributed by atoms with Gasteiger partial charge in [-0.1, -0.05) is 0 Å². The number of carboxylic acid groups (broad SMARTS) is 1. The van der Waals surface area contributed by atoms with Gasteiger partial charge >= 0.3 is 5.97 Å². The highest BCUT2D eigenvalue weighted by Gasteiger charge is 2.24. The van der Waals surface area contributed by atoms with E-state index in [4.69, 9.17) is 5.11 Å². The smallest absolute Gasteiger partial charge is 0.372 e. The number of thioether (sulfide) groups is 1. The first-order valence-electron chi connectivity index (χ1n) is 3.63. The first kappa shape index (κ1) is 7.67. The summed E-state index contributed by atoms with van der Waals surface area (Å²) in [5.74, 6) is 1.20. The maximum atomic E-state index is 10.6. The van der Waals surface area contributed by atoms with E-state index in [1.807, 2.05) is 11.8 Å². The second-order valence-electron chi connectivity index (χ2n) is 2.65. The molecule has 0 aliphatic carbocycles. The summed E-state index contributed by atoms with van der Waals surface area (Å²) in [6.07, 6.45) is 3.26. The predicted molar refractivity (Wildman–Crippen MR) is 45.5 cm³/mol. The highest BCUT2D eigenvalue weighted by Crippen LogP contribution is 2.29. The van der Waals surface area contributed by atoms with E-state index in [0.29, 0.717) is 6.04 Å². The number of carboxylic acids is 1.